The lowest BCUT2D eigenvalue weighted by atomic mass is 9.85. The first kappa shape index (κ1) is 15.6. The fraction of sp³-hybridized carbons (Fsp3) is 0.545. The highest BCUT2D eigenvalue weighted by Gasteiger charge is 2.28. The van der Waals surface area contributed by atoms with Crippen molar-refractivity contribution in [1.29, 1.82) is 0 Å². The lowest BCUT2D eigenvalue weighted by molar-refractivity contribution is 0.339. The largest absolute Gasteiger partial charge is 0.162 e. The summed E-state index contributed by atoms with van der Waals surface area (Å²) >= 11 is 0. The van der Waals surface area contributed by atoms with Gasteiger partial charge in [0.25, 0.3) is 0 Å². The third-order valence-corrected chi connectivity index (χ3v) is 8.40. The third-order valence-electron chi connectivity index (χ3n) is 5.86. The minimum Gasteiger partial charge on any atom is -0.0616 e. The quantitative estimate of drug-likeness (QED) is 0.594. The first-order valence-electron chi connectivity index (χ1n) is 9.60. The maximum atomic E-state index is 2.48. The van der Waals surface area contributed by atoms with Crippen molar-refractivity contribution < 1.29 is 0 Å². The van der Waals surface area contributed by atoms with Crippen LogP contribution in [0.3, 0.4) is 0 Å². The molecule has 0 spiro atoms. The second kappa shape index (κ2) is 7.30. The molecule has 0 N–H and O–H groups in total. The second-order valence-corrected chi connectivity index (χ2v) is 9.66. The molecule has 0 amide bonds. The van der Waals surface area contributed by atoms with E-state index < -0.39 is 0 Å². The minimum atomic E-state index is 0.518. The Morgan fingerprint density at radius 3 is 2.30 bits per heavy atom. The van der Waals surface area contributed by atoms with Crippen molar-refractivity contribution >= 4 is 21.7 Å². The van der Waals surface area contributed by atoms with Crippen molar-refractivity contribution in [3.8, 4) is 0 Å². The lowest BCUT2D eigenvalue weighted by Gasteiger charge is -2.21. The molecule has 4 rings (SSSR count). The zero-order valence-electron chi connectivity index (χ0n) is 14.2. The summed E-state index contributed by atoms with van der Waals surface area (Å²) in [6.45, 7) is 0. The van der Waals surface area contributed by atoms with Crippen LogP contribution in [0.15, 0.2) is 41.3 Å². The highest BCUT2D eigenvalue weighted by molar-refractivity contribution is 7.97. The van der Waals surface area contributed by atoms with Crippen LogP contribution in [0.5, 0.6) is 0 Å². The van der Waals surface area contributed by atoms with Crippen LogP contribution < -0.4 is 0 Å². The van der Waals surface area contributed by atoms with Crippen LogP contribution in [0.4, 0.5) is 0 Å². The first-order chi connectivity index (χ1) is 11.4. The van der Waals surface area contributed by atoms with E-state index in [0.29, 0.717) is 10.9 Å². The van der Waals surface area contributed by atoms with E-state index in [-0.39, 0.29) is 0 Å². The highest BCUT2D eigenvalue weighted by atomic mass is 32.2. The predicted octanol–water partition coefficient (Wildman–Crippen LogP) is 6.12. The lowest BCUT2D eigenvalue weighted by Crippen LogP contribution is -2.08. The van der Waals surface area contributed by atoms with Crippen molar-refractivity contribution in [2.75, 3.05) is 11.5 Å². The molecule has 1 saturated heterocycles. The van der Waals surface area contributed by atoms with E-state index in [0.717, 1.165) is 5.92 Å². The van der Waals surface area contributed by atoms with Gasteiger partial charge in [0.05, 0.1) is 0 Å². The Labute approximate surface area is 144 Å². The van der Waals surface area contributed by atoms with Gasteiger partial charge in [0.2, 0.25) is 0 Å². The molecule has 0 aromatic heterocycles. The number of fused-ring (bicyclic) bond motifs is 1. The van der Waals surface area contributed by atoms with E-state index in [1.165, 1.54) is 69.3 Å². The molecule has 0 unspecified atom stereocenters. The number of rotatable bonds is 4. The average molecular weight is 326 g/mol. The zero-order chi connectivity index (χ0) is 15.5. The fourth-order valence-corrected chi connectivity index (χ4v) is 7.01. The van der Waals surface area contributed by atoms with Gasteiger partial charge in [0, 0.05) is 16.3 Å². The van der Waals surface area contributed by atoms with Gasteiger partial charge in [-0.3, -0.25) is 0 Å². The Balaban J connectivity index is 1.58. The Bertz CT molecular complexity index is 648. The molecule has 2 fully saturated rings. The summed E-state index contributed by atoms with van der Waals surface area (Å²) in [6.07, 6.45) is 12.9. The SMILES string of the molecule is c1ccc2c([S+]3CCCC3)ccc(CCC3CCCCC3)c2c1. The molecule has 1 aliphatic heterocycles. The van der Waals surface area contributed by atoms with E-state index in [4.69, 9.17) is 0 Å². The molecular formula is C22H29S+. The molecule has 0 atom stereocenters. The first-order valence-corrected chi connectivity index (χ1v) is 11.2. The van der Waals surface area contributed by atoms with E-state index in [1.54, 1.807) is 21.2 Å². The van der Waals surface area contributed by atoms with Gasteiger partial charge < -0.3 is 0 Å². The van der Waals surface area contributed by atoms with Crippen LogP contribution >= 0.6 is 0 Å². The van der Waals surface area contributed by atoms with Crippen LogP contribution in [-0.4, -0.2) is 11.5 Å². The summed E-state index contributed by atoms with van der Waals surface area (Å²) < 4.78 is 0. The van der Waals surface area contributed by atoms with Crippen molar-refractivity contribution in [1.82, 2.24) is 0 Å². The standard InChI is InChI=1S/C22H29S/c1-2-8-18(9-3-1)12-13-19-14-15-22(23-16-6-7-17-23)21-11-5-4-10-20(19)21/h4-5,10-11,14-15,18H,1-3,6-9,12-13,16-17H2/q+1. The Morgan fingerprint density at radius 1 is 0.783 bits per heavy atom. The smallest absolute Gasteiger partial charge is 0.0616 e. The van der Waals surface area contributed by atoms with E-state index >= 15 is 0 Å². The summed E-state index contributed by atoms with van der Waals surface area (Å²) in [4.78, 5) is 1.65. The molecule has 2 aromatic carbocycles. The minimum absolute atomic E-state index is 0.518. The van der Waals surface area contributed by atoms with Crippen molar-refractivity contribution in [3.63, 3.8) is 0 Å². The van der Waals surface area contributed by atoms with Gasteiger partial charge in [-0.2, -0.15) is 0 Å². The van der Waals surface area contributed by atoms with E-state index in [1.807, 2.05) is 0 Å². The Morgan fingerprint density at radius 2 is 1.52 bits per heavy atom. The van der Waals surface area contributed by atoms with Gasteiger partial charge >= 0.3 is 0 Å². The fourth-order valence-electron chi connectivity index (χ4n) is 4.51. The molecule has 1 aliphatic carbocycles. The highest BCUT2D eigenvalue weighted by Crippen LogP contribution is 2.33. The number of hydrogen-bond donors (Lipinski definition) is 0. The monoisotopic (exact) mass is 325 g/mol. The van der Waals surface area contributed by atoms with E-state index in [2.05, 4.69) is 36.4 Å². The predicted molar refractivity (Wildman–Crippen MR) is 103 cm³/mol. The third kappa shape index (κ3) is 3.45. The van der Waals surface area contributed by atoms with Crippen LogP contribution in [0.25, 0.3) is 10.8 Å². The normalized spacial score (nSPS) is 20.3. The second-order valence-electron chi connectivity index (χ2n) is 7.42. The maximum Gasteiger partial charge on any atom is 0.162 e. The molecule has 0 nitrogen and oxygen atoms in total. The van der Waals surface area contributed by atoms with Crippen LogP contribution in [-0.2, 0) is 17.3 Å². The van der Waals surface area contributed by atoms with Gasteiger partial charge in [-0.25, -0.2) is 0 Å². The summed E-state index contributed by atoms with van der Waals surface area (Å²) in [5, 5.41) is 3.10. The molecule has 1 saturated carbocycles. The molecule has 2 aliphatic rings. The maximum absolute atomic E-state index is 2.48. The Kier molecular flexibility index (Phi) is 4.94. The van der Waals surface area contributed by atoms with Crippen molar-refractivity contribution in [2.24, 2.45) is 5.92 Å². The Hall–Kier alpha value is -0.950. The summed E-state index contributed by atoms with van der Waals surface area (Å²) in [5.74, 6) is 3.83. The van der Waals surface area contributed by atoms with Crippen molar-refractivity contribution in [2.45, 2.75) is 62.7 Å². The topological polar surface area (TPSA) is 0 Å². The molecule has 122 valence electrons. The number of hydrogen-bond acceptors (Lipinski definition) is 0. The van der Waals surface area contributed by atoms with Gasteiger partial charge in [-0.1, -0.05) is 56.4 Å². The summed E-state index contributed by atoms with van der Waals surface area (Å²) in [7, 11) is 0.518. The summed E-state index contributed by atoms with van der Waals surface area (Å²) in [5.41, 5.74) is 1.60. The van der Waals surface area contributed by atoms with Crippen molar-refractivity contribution in [3.05, 3.63) is 42.0 Å². The van der Waals surface area contributed by atoms with Crippen LogP contribution in [0.1, 0.15) is 56.9 Å². The molecule has 0 radical (unpaired) electrons. The van der Waals surface area contributed by atoms with Crippen LogP contribution in [0, 0.1) is 5.92 Å². The molecule has 1 heteroatoms. The molecule has 1 heterocycles. The van der Waals surface area contributed by atoms with Gasteiger partial charge in [-0.05, 0) is 54.7 Å². The molecular weight excluding hydrogens is 296 g/mol. The van der Waals surface area contributed by atoms with E-state index in [9.17, 15) is 0 Å². The average Bonchev–Trinajstić information content (AvgIpc) is 3.15. The van der Waals surface area contributed by atoms with Crippen LogP contribution in [0.2, 0.25) is 0 Å². The van der Waals surface area contributed by atoms with Gasteiger partial charge in [0.15, 0.2) is 4.90 Å². The molecule has 0 bridgehead atoms. The zero-order valence-corrected chi connectivity index (χ0v) is 15.0. The van der Waals surface area contributed by atoms with Gasteiger partial charge in [-0.15, -0.1) is 0 Å². The molecule has 2 aromatic rings. The number of aryl methyl sites for hydroxylation is 1. The van der Waals surface area contributed by atoms with Gasteiger partial charge in [0.1, 0.15) is 11.5 Å². The number of benzene rings is 2. The summed E-state index contributed by atoms with van der Waals surface area (Å²) in [6, 6.07) is 14.2. The molecule has 23 heavy (non-hydrogen) atoms.